The average molecular weight is 241 g/mol. The van der Waals surface area contributed by atoms with E-state index in [-0.39, 0.29) is 12.2 Å². The van der Waals surface area contributed by atoms with Gasteiger partial charge in [-0.25, -0.2) is 4.39 Å². The summed E-state index contributed by atoms with van der Waals surface area (Å²) in [5.41, 5.74) is 1.12. The highest BCUT2D eigenvalue weighted by molar-refractivity contribution is 6.30. The third-order valence-corrected chi connectivity index (χ3v) is 2.69. The molecule has 1 aromatic carbocycles. The van der Waals surface area contributed by atoms with E-state index in [0.29, 0.717) is 17.0 Å². The second-order valence-corrected chi connectivity index (χ2v) is 3.94. The summed E-state index contributed by atoms with van der Waals surface area (Å²) in [5.74, 6) is -0.460. The maximum absolute atomic E-state index is 13.4. The first-order valence-corrected chi connectivity index (χ1v) is 5.58. The predicted molar refractivity (Wildman–Crippen MR) is 64.2 cm³/mol. The summed E-state index contributed by atoms with van der Waals surface area (Å²) in [7, 11) is 0. The number of halogens is 2. The molecule has 0 aliphatic heterocycles. The lowest BCUT2D eigenvalue weighted by Gasteiger charge is -2.05. The fourth-order valence-electron chi connectivity index (χ4n) is 1.51. The monoisotopic (exact) mass is 240 g/mol. The quantitative estimate of drug-likeness (QED) is 0.729. The van der Waals surface area contributed by atoms with Gasteiger partial charge in [0.05, 0.1) is 0 Å². The van der Waals surface area contributed by atoms with Crippen LogP contribution < -0.4 is 0 Å². The minimum atomic E-state index is -0.424. The third-order valence-electron chi connectivity index (χ3n) is 2.45. The van der Waals surface area contributed by atoms with Gasteiger partial charge in [0.2, 0.25) is 0 Å². The Kier molecular flexibility index (Phi) is 4.69. The Labute approximate surface area is 99.9 Å². The highest BCUT2D eigenvalue weighted by atomic mass is 35.5. The number of hydrogen-bond acceptors (Lipinski definition) is 1. The van der Waals surface area contributed by atoms with Crippen LogP contribution in [0.3, 0.4) is 0 Å². The molecule has 0 aromatic heterocycles. The molecule has 1 nitrogen and oxygen atoms in total. The lowest BCUT2D eigenvalue weighted by atomic mass is 10.0. The van der Waals surface area contributed by atoms with Crippen molar-refractivity contribution in [1.29, 1.82) is 0 Å². The van der Waals surface area contributed by atoms with Gasteiger partial charge in [-0.1, -0.05) is 30.7 Å². The van der Waals surface area contributed by atoms with Gasteiger partial charge in [0.1, 0.15) is 5.82 Å². The molecule has 0 unspecified atom stereocenters. The topological polar surface area (TPSA) is 17.1 Å². The van der Waals surface area contributed by atoms with Crippen molar-refractivity contribution in [3.05, 3.63) is 46.3 Å². The number of Topliss-reactive ketones (excluding diaryl/α,β-unsaturated/α-hetero) is 1. The summed E-state index contributed by atoms with van der Waals surface area (Å²) < 4.78 is 13.4. The summed E-state index contributed by atoms with van der Waals surface area (Å²) in [4.78, 5) is 11.7. The lowest BCUT2D eigenvalue weighted by molar-refractivity contribution is -0.115. The largest absolute Gasteiger partial charge is 0.294 e. The van der Waals surface area contributed by atoms with Crippen LogP contribution in [0, 0.1) is 5.82 Å². The molecule has 0 aliphatic carbocycles. The van der Waals surface area contributed by atoms with E-state index in [1.807, 2.05) is 13.8 Å². The van der Waals surface area contributed by atoms with E-state index in [4.69, 9.17) is 11.6 Å². The number of benzene rings is 1. The van der Waals surface area contributed by atoms with E-state index in [1.165, 1.54) is 6.07 Å². The lowest BCUT2D eigenvalue weighted by Crippen LogP contribution is -2.07. The number of ketones is 1. The molecule has 0 saturated heterocycles. The Hall–Kier alpha value is -1.15. The van der Waals surface area contributed by atoms with Crippen molar-refractivity contribution in [2.75, 3.05) is 0 Å². The van der Waals surface area contributed by atoms with Crippen molar-refractivity contribution in [1.82, 2.24) is 0 Å². The number of hydrogen-bond donors (Lipinski definition) is 0. The molecule has 1 rings (SSSR count). The average Bonchev–Trinajstić information content (AvgIpc) is 2.24. The molecule has 16 heavy (non-hydrogen) atoms. The minimum Gasteiger partial charge on any atom is -0.294 e. The van der Waals surface area contributed by atoms with Crippen LogP contribution in [0.15, 0.2) is 29.8 Å². The Morgan fingerprint density at radius 1 is 1.50 bits per heavy atom. The van der Waals surface area contributed by atoms with Crippen LogP contribution in [0.5, 0.6) is 0 Å². The molecule has 0 heterocycles. The molecule has 0 saturated carbocycles. The zero-order valence-corrected chi connectivity index (χ0v) is 10.1. The summed E-state index contributed by atoms with van der Waals surface area (Å²) in [6.45, 7) is 3.72. The molecule has 0 atom stereocenters. The fourth-order valence-corrected chi connectivity index (χ4v) is 1.67. The van der Waals surface area contributed by atoms with E-state index in [1.54, 1.807) is 18.2 Å². The number of carbonyl (C=O) groups excluding carboxylic acids is 1. The third kappa shape index (κ3) is 3.17. The Bertz CT molecular complexity index is 424. The van der Waals surface area contributed by atoms with E-state index in [2.05, 4.69) is 0 Å². The van der Waals surface area contributed by atoms with Gasteiger partial charge in [0.15, 0.2) is 5.78 Å². The van der Waals surface area contributed by atoms with Crippen LogP contribution in [-0.4, -0.2) is 5.78 Å². The standard InChI is InChI=1S/C13H14ClFO/c1-3-9(4-2)13(16)7-10-5-6-11(14)8-12(10)15/h3,5-6,8H,4,7H2,1-2H3/b9-3-. The van der Waals surface area contributed by atoms with E-state index in [9.17, 15) is 9.18 Å². The number of rotatable bonds is 4. The van der Waals surface area contributed by atoms with E-state index >= 15 is 0 Å². The first-order chi connectivity index (χ1) is 7.58. The summed E-state index contributed by atoms with van der Waals surface area (Å²) in [5, 5.41) is 0.343. The Morgan fingerprint density at radius 2 is 2.19 bits per heavy atom. The zero-order chi connectivity index (χ0) is 12.1. The SMILES string of the molecule is C/C=C(/CC)C(=O)Cc1ccc(Cl)cc1F. The van der Waals surface area contributed by atoms with Crippen molar-refractivity contribution in [3.63, 3.8) is 0 Å². The van der Waals surface area contributed by atoms with Crippen LogP contribution in [0.25, 0.3) is 0 Å². The van der Waals surface area contributed by atoms with E-state index < -0.39 is 5.82 Å². The second-order valence-electron chi connectivity index (χ2n) is 3.50. The molecule has 0 aliphatic rings. The van der Waals surface area contributed by atoms with Gasteiger partial charge in [-0.3, -0.25) is 4.79 Å². The molecule has 0 spiro atoms. The van der Waals surface area contributed by atoms with Crippen LogP contribution in [0.2, 0.25) is 5.02 Å². The van der Waals surface area contributed by atoms with Gasteiger partial charge >= 0.3 is 0 Å². The van der Waals surface area contributed by atoms with Crippen LogP contribution >= 0.6 is 11.6 Å². The fraction of sp³-hybridized carbons (Fsp3) is 0.308. The van der Waals surface area contributed by atoms with Gasteiger partial charge in [-0.05, 0) is 36.6 Å². The first-order valence-electron chi connectivity index (χ1n) is 5.20. The zero-order valence-electron chi connectivity index (χ0n) is 9.39. The smallest absolute Gasteiger partial charge is 0.162 e. The maximum atomic E-state index is 13.4. The predicted octanol–water partition coefficient (Wildman–Crippen LogP) is 3.95. The summed E-state index contributed by atoms with van der Waals surface area (Å²) in [6, 6.07) is 4.37. The van der Waals surface area contributed by atoms with Crippen LogP contribution in [-0.2, 0) is 11.2 Å². The van der Waals surface area contributed by atoms with Gasteiger partial charge < -0.3 is 0 Å². The van der Waals surface area contributed by atoms with Gasteiger partial charge in [0, 0.05) is 11.4 Å². The van der Waals surface area contributed by atoms with Crippen molar-refractivity contribution in [3.8, 4) is 0 Å². The molecule has 0 fully saturated rings. The molecule has 0 radical (unpaired) electrons. The van der Waals surface area contributed by atoms with Crippen molar-refractivity contribution in [2.24, 2.45) is 0 Å². The normalized spacial score (nSPS) is 11.6. The van der Waals surface area contributed by atoms with Gasteiger partial charge in [-0.15, -0.1) is 0 Å². The van der Waals surface area contributed by atoms with Crippen molar-refractivity contribution in [2.45, 2.75) is 26.7 Å². The van der Waals surface area contributed by atoms with Crippen molar-refractivity contribution >= 4 is 17.4 Å². The maximum Gasteiger partial charge on any atom is 0.162 e. The molecule has 0 bridgehead atoms. The van der Waals surface area contributed by atoms with Crippen LogP contribution in [0.1, 0.15) is 25.8 Å². The molecule has 1 aromatic rings. The minimum absolute atomic E-state index is 0.0359. The number of carbonyl (C=O) groups is 1. The summed E-state index contributed by atoms with van der Waals surface area (Å²) in [6.07, 6.45) is 2.54. The Morgan fingerprint density at radius 3 is 2.69 bits per heavy atom. The highest BCUT2D eigenvalue weighted by Gasteiger charge is 2.11. The van der Waals surface area contributed by atoms with Gasteiger partial charge in [0.25, 0.3) is 0 Å². The van der Waals surface area contributed by atoms with Crippen molar-refractivity contribution < 1.29 is 9.18 Å². The number of allylic oxidation sites excluding steroid dienone is 2. The molecule has 86 valence electrons. The van der Waals surface area contributed by atoms with Gasteiger partial charge in [-0.2, -0.15) is 0 Å². The van der Waals surface area contributed by atoms with Crippen LogP contribution in [0.4, 0.5) is 4.39 Å². The molecular formula is C13H14ClFO. The molecule has 3 heteroatoms. The molecular weight excluding hydrogens is 227 g/mol. The first kappa shape index (κ1) is 12.9. The molecule has 0 N–H and O–H groups in total. The second kappa shape index (κ2) is 5.80. The Balaban J connectivity index is 2.85. The highest BCUT2D eigenvalue weighted by Crippen LogP contribution is 2.17. The summed E-state index contributed by atoms with van der Waals surface area (Å²) >= 11 is 5.63. The molecule has 0 amide bonds. The van der Waals surface area contributed by atoms with E-state index in [0.717, 1.165) is 5.57 Å².